The van der Waals surface area contributed by atoms with Gasteiger partial charge in [0.1, 0.15) is 12.5 Å². The number of rotatable bonds is 4. The number of nitrogens with two attached hydrogens (primary N) is 1. The molecule has 0 bridgehead atoms. The van der Waals surface area contributed by atoms with Crippen LogP contribution in [0, 0.1) is 0 Å². The monoisotopic (exact) mass is 157 g/mol. The summed E-state index contributed by atoms with van der Waals surface area (Å²) in [4.78, 5) is 6.83. The highest BCUT2D eigenvalue weighted by atomic mass is 19.1. The molecule has 0 saturated carbocycles. The number of hydrogen-bond acceptors (Lipinski definition) is 2. The minimum Gasteiger partial charge on any atom is -0.344 e. The quantitative estimate of drug-likeness (QED) is 0.678. The van der Waals surface area contributed by atoms with E-state index in [1.54, 1.807) is 0 Å². The van der Waals surface area contributed by atoms with Crippen molar-refractivity contribution in [2.75, 3.05) is 6.54 Å². The zero-order chi connectivity index (χ0) is 8.10. The highest BCUT2D eigenvalue weighted by Crippen LogP contribution is 2.00. The van der Waals surface area contributed by atoms with Crippen LogP contribution < -0.4 is 5.73 Å². The third-order valence-electron chi connectivity index (χ3n) is 1.44. The van der Waals surface area contributed by atoms with Gasteiger partial charge in [0.2, 0.25) is 0 Å². The lowest BCUT2D eigenvalue weighted by molar-refractivity contribution is 0.477. The van der Waals surface area contributed by atoms with Gasteiger partial charge < -0.3 is 10.7 Å². The maximum atomic E-state index is 12.0. The van der Waals surface area contributed by atoms with E-state index in [2.05, 4.69) is 9.97 Å². The average Bonchev–Trinajstić information content (AvgIpc) is 2.48. The molecular weight excluding hydrogens is 145 g/mol. The Morgan fingerprint density at radius 2 is 2.45 bits per heavy atom. The number of alkyl halides is 1. The van der Waals surface area contributed by atoms with Gasteiger partial charge in [-0.15, -0.1) is 0 Å². The van der Waals surface area contributed by atoms with Crippen molar-refractivity contribution in [1.82, 2.24) is 9.97 Å². The fourth-order valence-corrected chi connectivity index (χ4v) is 0.870. The van der Waals surface area contributed by atoms with Crippen LogP contribution in [-0.2, 0) is 13.1 Å². The van der Waals surface area contributed by atoms with E-state index < -0.39 is 6.67 Å². The van der Waals surface area contributed by atoms with Gasteiger partial charge in [0.05, 0.1) is 11.9 Å². The highest BCUT2D eigenvalue weighted by molar-refractivity contribution is 4.99. The first-order chi connectivity index (χ1) is 5.36. The SMILES string of the molecule is NCCCc1ncc(CF)[nH]1. The summed E-state index contributed by atoms with van der Waals surface area (Å²) in [6, 6.07) is 0. The molecule has 0 aliphatic heterocycles. The molecule has 1 aromatic rings. The van der Waals surface area contributed by atoms with Gasteiger partial charge in [-0.1, -0.05) is 0 Å². The van der Waals surface area contributed by atoms with Crippen LogP contribution >= 0.6 is 0 Å². The Morgan fingerprint density at radius 1 is 1.64 bits per heavy atom. The van der Waals surface area contributed by atoms with Gasteiger partial charge >= 0.3 is 0 Å². The second kappa shape index (κ2) is 4.08. The maximum Gasteiger partial charge on any atom is 0.131 e. The first kappa shape index (κ1) is 8.20. The van der Waals surface area contributed by atoms with Gasteiger partial charge in [0.25, 0.3) is 0 Å². The Hall–Kier alpha value is -0.900. The van der Waals surface area contributed by atoms with Crippen molar-refractivity contribution in [2.24, 2.45) is 5.73 Å². The third-order valence-corrected chi connectivity index (χ3v) is 1.44. The molecule has 1 heterocycles. The number of nitrogens with one attached hydrogen (secondary N) is 1. The van der Waals surface area contributed by atoms with E-state index in [9.17, 15) is 4.39 Å². The highest BCUT2D eigenvalue weighted by Gasteiger charge is 1.98. The average molecular weight is 157 g/mol. The minimum atomic E-state index is -0.477. The Bertz CT molecular complexity index is 209. The van der Waals surface area contributed by atoms with Crippen molar-refractivity contribution < 1.29 is 4.39 Å². The lowest BCUT2D eigenvalue weighted by atomic mass is 10.3. The topological polar surface area (TPSA) is 54.7 Å². The second-order valence-electron chi connectivity index (χ2n) is 2.38. The van der Waals surface area contributed by atoms with Crippen molar-refractivity contribution in [3.63, 3.8) is 0 Å². The van der Waals surface area contributed by atoms with Gasteiger partial charge in [-0.25, -0.2) is 9.37 Å². The van der Waals surface area contributed by atoms with Gasteiger partial charge in [-0.3, -0.25) is 0 Å². The van der Waals surface area contributed by atoms with E-state index in [1.807, 2.05) is 0 Å². The number of H-pyrrole nitrogens is 1. The molecule has 0 saturated heterocycles. The number of nitrogens with zero attached hydrogens (tertiary/aromatic N) is 1. The van der Waals surface area contributed by atoms with Crippen LogP contribution in [0.3, 0.4) is 0 Å². The predicted octanol–water partition coefficient (Wildman–Crippen LogP) is 0.770. The molecule has 0 atom stereocenters. The van der Waals surface area contributed by atoms with E-state index in [4.69, 9.17) is 5.73 Å². The zero-order valence-corrected chi connectivity index (χ0v) is 6.31. The summed E-state index contributed by atoms with van der Waals surface area (Å²) in [5.41, 5.74) is 5.84. The fraction of sp³-hybridized carbons (Fsp3) is 0.571. The van der Waals surface area contributed by atoms with Crippen LogP contribution in [0.5, 0.6) is 0 Å². The van der Waals surface area contributed by atoms with Gasteiger partial charge in [-0.05, 0) is 13.0 Å². The summed E-state index contributed by atoms with van der Waals surface area (Å²) < 4.78 is 12.0. The molecule has 0 aliphatic carbocycles. The molecule has 1 rings (SSSR count). The van der Waals surface area contributed by atoms with Crippen LogP contribution in [0.4, 0.5) is 4.39 Å². The first-order valence-electron chi connectivity index (χ1n) is 3.65. The number of aromatic nitrogens is 2. The van der Waals surface area contributed by atoms with Crippen LogP contribution in [0.15, 0.2) is 6.20 Å². The van der Waals surface area contributed by atoms with Crippen molar-refractivity contribution in [3.8, 4) is 0 Å². The summed E-state index contributed by atoms with van der Waals surface area (Å²) in [6.45, 7) is 0.168. The molecule has 11 heavy (non-hydrogen) atoms. The molecule has 3 N–H and O–H groups in total. The number of hydrogen-bond donors (Lipinski definition) is 2. The molecule has 62 valence electrons. The molecular formula is C7H12FN3. The van der Waals surface area contributed by atoms with Gasteiger partial charge in [0, 0.05) is 6.42 Å². The third kappa shape index (κ3) is 2.31. The summed E-state index contributed by atoms with van der Waals surface area (Å²) in [5.74, 6) is 0.822. The summed E-state index contributed by atoms with van der Waals surface area (Å²) in [5, 5.41) is 0. The van der Waals surface area contributed by atoms with Gasteiger partial charge in [0.15, 0.2) is 0 Å². The van der Waals surface area contributed by atoms with Crippen LogP contribution in [0.25, 0.3) is 0 Å². The van der Waals surface area contributed by atoms with Crippen molar-refractivity contribution in [1.29, 1.82) is 0 Å². The van der Waals surface area contributed by atoms with E-state index in [1.165, 1.54) is 6.20 Å². The number of halogens is 1. The van der Waals surface area contributed by atoms with Crippen LogP contribution in [-0.4, -0.2) is 16.5 Å². The Labute approximate surface area is 64.8 Å². The molecule has 0 spiro atoms. The van der Waals surface area contributed by atoms with Crippen molar-refractivity contribution >= 4 is 0 Å². The standard InChI is InChI=1S/C7H12FN3/c8-4-6-5-10-7(11-6)2-1-3-9/h5H,1-4,9H2,(H,10,11). The van der Waals surface area contributed by atoms with Gasteiger partial charge in [-0.2, -0.15) is 0 Å². The molecule has 4 heteroatoms. The largest absolute Gasteiger partial charge is 0.344 e. The molecule has 1 aromatic heterocycles. The number of imidazole rings is 1. The lowest BCUT2D eigenvalue weighted by Gasteiger charge is -1.91. The first-order valence-corrected chi connectivity index (χ1v) is 3.65. The predicted molar refractivity (Wildman–Crippen MR) is 40.8 cm³/mol. The normalized spacial score (nSPS) is 10.4. The van der Waals surface area contributed by atoms with E-state index in [-0.39, 0.29) is 0 Å². The van der Waals surface area contributed by atoms with Crippen molar-refractivity contribution in [2.45, 2.75) is 19.5 Å². The number of aromatic amines is 1. The molecule has 0 aliphatic rings. The second-order valence-corrected chi connectivity index (χ2v) is 2.38. The number of aryl methyl sites for hydroxylation is 1. The lowest BCUT2D eigenvalue weighted by Crippen LogP contribution is -2.01. The van der Waals surface area contributed by atoms with Crippen molar-refractivity contribution in [3.05, 3.63) is 17.7 Å². The summed E-state index contributed by atoms with van der Waals surface area (Å²) in [6.07, 6.45) is 3.21. The molecule has 0 radical (unpaired) electrons. The summed E-state index contributed by atoms with van der Waals surface area (Å²) in [7, 11) is 0. The van der Waals surface area contributed by atoms with E-state index in [0.717, 1.165) is 18.7 Å². The molecule has 0 fully saturated rings. The fourth-order valence-electron chi connectivity index (χ4n) is 0.870. The molecule has 0 aromatic carbocycles. The smallest absolute Gasteiger partial charge is 0.131 e. The maximum absolute atomic E-state index is 12.0. The zero-order valence-electron chi connectivity index (χ0n) is 6.31. The molecule has 3 nitrogen and oxygen atoms in total. The van der Waals surface area contributed by atoms with Crippen LogP contribution in [0.1, 0.15) is 17.9 Å². The molecule has 0 unspecified atom stereocenters. The Morgan fingerprint density at radius 3 is 3.00 bits per heavy atom. The Balaban J connectivity index is 2.44. The minimum absolute atomic E-state index is 0.477. The van der Waals surface area contributed by atoms with E-state index in [0.29, 0.717) is 12.2 Å². The summed E-state index contributed by atoms with van der Waals surface area (Å²) >= 11 is 0. The van der Waals surface area contributed by atoms with E-state index >= 15 is 0 Å². The molecule has 0 amide bonds. The van der Waals surface area contributed by atoms with Crippen LogP contribution in [0.2, 0.25) is 0 Å². The Kier molecular flexibility index (Phi) is 3.04.